The van der Waals surface area contributed by atoms with Gasteiger partial charge in [-0.3, -0.25) is 4.98 Å². The second-order valence-corrected chi connectivity index (χ2v) is 11.1. The van der Waals surface area contributed by atoms with Crippen LogP contribution in [0.2, 0.25) is 0 Å². The third-order valence-electron chi connectivity index (χ3n) is 8.27. The standard InChI is InChI=1S/C38H27N3/c1-22-7-13-25(14-8-22)35-31-21-32-34-33-29(36(40-32)26-15-9-23(2)10-16-26)5-4-6-30(33)37(27-17-11-24(3)12-18-27)41-38(34)28(31)19-20-39-35/h4-21H,1-3H3. The predicted octanol–water partition coefficient (Wildman–Crippen LogP) is 9.85. The maximum absolute atomic E-state index is 5.43. The highest BCUT2D eigenvalue weighted by molar-refractivity contribution is 6.31. The van der Waals surface area contributed by atoms with Crippen molar-refractivity contribution in [2.24, 2.45) is 0 Å². The van der Waals surface area contributed by atoms with Crippen molar-refractivity contribution in [3.63, 3.8) is 0 Å². The molecule has 0 radical (unpaired) electrons. The lowest BCUT2D eigenvalue weighted by atomic mass is 9.91. The molecule has 3 heteroatoms. The number of pyridine rings is 3. The van der Waals surface area contributed by atoms with Crippen molar-refractivity contribution in [2.45, 2.75) is 20.8 Å². The molecule has 0 unspecified atom stereocenters. The summed E-state index contributed by atoms with van der Waals surface area (Å²) in [6, 6.07) is 36.8. The van der Waals surface area contributed by atoms with Gasteiger partial charge < -0.3 is 0 Å². The molecule has 3 nitrogen and oxygen atoms in total. The summed E-state index contributed by atoms with van der Waals surface area (Å²) in [5.41, 5.74) is 11.8. The van der Waals surface area contributed by atoms with Gasteiger partial charge in [-0.2, -0.15) is 0 Å². The molecule has 3 heterocycles. The van der Waals surface area contributed by atoms with E-state index in [1.807, 2.05) is 6.20 Å². The van der Waals surface area contributed by atoms with E-state index in [2.05, 4.69) is 124 Å². The predicted molar refractivity (Wildman–Crippen MR) is 172 cm³/mol. The van der Waals surface area contributed by atoms with E-state index in [9.17, 15) is 0 Å². The number of benzene rings is 5. The van der Waals surface area contributed by atoms with E-state index < -0.39 is 0 Å². The van der Waals surface area contributed by atoms with Gasteiger partial charge in [0.25, 0.3) is 0 Å². The minimum absolute atomic E-state index is 0.941. The van der Waals surface area contributed by atoms with Crippen LogP contribution < -0.4 is 0 Å². The van der Waals surface area contributed by atoms with Crippen molar-refractivity contribution in [1.29, 1.82) is 0 Å². The molecule has 0 fully saturated rings. The van der Waals surface area contributed by atoms with E-state index in [1.165, 1.54) is 22.1 Å². The largest absolute Gasteiger partial charge is 0.256 e. The minimum atomic E-state index is 0.941. The number of hydrogen-bond acceptors (Lipinski definition) is 3. The molecule has 0 aliphatic rings. The normalized spacial score (nSPS) is 11.8. The van der Waals surface area contributed by atoms with E-state index in [0.29, 0.717) is 0 Å². The Morgan fingerprint density at radius 2 is 0.951 bits per heavy atom. The van der Waals surface area contributed by atoms with Gasteiger partial charge in [0.15, 0.2) is 0 Å². The Labute approximate surface area is 238 Å². The fourth-order valence-corrected chi connectivity index (χ4v) is 6.11. The van der Waals surface area contributed by atoms with Crippen molar-refractivity contribution in [3.8, 4) is 33.8 Å². The Morgan fingerprint density at radius 3 is 1.51 bits per heavy atom. The van der Waals surface area contributed by atoms with E-state index >= 15 is 0 Å². The molecule has 0 spiro atoms. The molecular formula is C38H27N3. The number of fused-ring (bicyclic) bond motifs is 2. The van der Waals surface area contributed by atoms with Crippen LogP contribution >= 0.6 is 0 Å². The Hall–Kier alpha value is -5.15. The smallest absolute Gasteiger partial charge is 0.0817 e. The molecule has 0 N–H and O–H groups in total. The molecule has 0 amide bonds. The molecule has 41 heavy (non-hydrogen) atoms. The van der Waals surface area contributed by atoms with Crippen LogP contribution in [-0.4, -0.2) is 15.0 Å². The van der Waals surface area contributed by atoms with Crippen LogP contribution in [0.15, 0.2) is 109 Å². The summed E-state index contributed by atoms with van der Waals surface area (Å²) in [7, 11) is 0. The van der Waals surface area contributed by atoms with Crippen LogP contribution in [0.1, 0.15) is 16.7 Å². The summed E-state index contributed by atoms with van der Waals surface area (Å²) in [6.07, 6.45) is 1.91. The third kappa shape index (κ3) is 3.70. The number of aromatic nitrogens is 3. The highest BCUT2D eigenvalue weighted by atomic mass is 14.8. The van der Waals surface area contributed by atoms with Gasteiger partial charge in [-0.25, -0.2) is 9.97 Å². The average Bonchev–Trinajstić information content (AvgIpc) is 3.00. The summed E-state index contributed by atoms with van der Waals surface area (Å²) in [5, 5.41) is 6.76. The first-order valence-corrected chi connectivity index (χ1v) is 14.0. The number of aryl methyl sites for hydroxylation is 3. The summed E-state index contributed by atoms with van der Waals surface area (Å²) in [6.45, 7) is 6.35. The molecule has 0 atom stereocenters. The minimum Gasteiger partial charge on any atom is -0.256 e. The summed E-state index contributed by atoms with van der Waals surface area (Å²) >= 11 is 0. The average molecular weight is 526 g/mol. The van der Waals surface area contributed by atoms with Gasteiger partial charge in [0.05, 0.1) is 28.1 Å². The molecule has 194 valence electrons. The maximum Gasteiger partial charge on any atom is 0.0817 e. The van der Waals surface area contributed by atoms with Crippen molar-refractivity contribution < 1.29 is 0 Å². The quantitative estimate of drug-likeness (QED) is 0.170. The van der Waals surface area contributed by atoms with Gasteiger partial charge in [0, 0.05) is 55.2 Å². The molecular weight excluding hydrogens is 498 g/mol. The van der Waals surface area contributed by atoms with E-state index in [4.69, 9.17) is 15.0 Å². The first kappa shape index (κ1) is 23.7. The topological polar surface area (TPSA) is 38.7 Å². The summed E-state index contributed by atoms with van der Waals surface area (Å²) < 4.78 is 0. The first-order chi connectivity index (χ1) is 20.0. The fraction of sp³-hybridized carbons (Fsp3) is 0.0789. The number of nitrogens with zero attached hydrogens (tertiary/aromatic N) is 3. The lowest BCUT2D eigenvalue weighted by Gasteiger charge is -2.18. The lowest BCUT2D eigenvalue weighted by Crippen LogP contribution is -1.98. The molecule has 0 bridgehead atoms. The Morgan fingerprint density at radius 1 is 0.439 bits per heavy atom. The van der Waals surface area contributed by atoms with Gasteiger partial charge in [0.2, 0.25) is 0 Å². The highest BCUT2D eigenvalue weighted by Gasteiger charge is 2.21. The van der Waals surface area contributed by atoms with Gasteiger partial charge in [-0.05, 0) is 32.9 Å². The molecule has 0 aliphatic carbocycles. The second kappa shape index (κ2) is 8.94. The van der Waals surface area contributed by atoms with Crippen LogP contribution in [0.25, 0.3) is 77.1 Å². The van der Waals surface area contributed by atoms with Crippen molar-refractivity contribution in [1.82, 2.24) is 15.0 Å². The molecule has 5 aromatic carbocycles. The van der Waals surface area contributed by atoms with Crippen LogP contribution in [0.4, 0.5) is 0 Å². The van der Waals surface area contributed by atoms with E-state index in [0.717, 1.165) is 71.7 Å². The van der Waals surface area contributed by atoms with Gasteiger partial charge in [0.1, 0.15) is 0 Å². The zero-order valence-electron chi connectivity index (χ0n) is 23.2. The van der Waals surface area contributed by atoms with Gasteiger partial charge in [-0.15, -0.1) is 0 Å². The Balaban J connectivity index is 1.57. The third-order valence-corrected chi connectivity index (χ3v) is 8.27. The summed E-state index contributed by atoms with van der Waals surface area (Å²) in [4.78, 5) is 15.6. The van der Waals surface area contributed by atoms with E-state index in [1.54, 1.807) is 0 Å². The fourth-order valence-electron chi connectivity index (χ4n) is 6.11. The zero-order valence-corrected chi connectivity index (χ0v) is 23.2. The molecule has 0 aliphatic heterocycles. The number of rotatable bonds is 3. The zero-order chi connectivity index (χ0) is 27.7. The summed E-state index contributed by atoms with van der Waals surface area (Å²) in [5.74, 6) is 0. The van der Waals surface area contributed by atoms with Gasteiger partial charge in [-0.1, -0.05) is 108 Å². The van der Waals surface area contributed by atoms with Crippen LogP contribution in [0.3, 0.4) is 0 Å². The lowest BCUT2D eigenvalue weighted by molar-refractivity contribution is 1.34. The molecule has 0 saturated carbocycles. The van der Waals surface area contributed by atoms with Crippen LogP contribution in [0.5, 0.6) is 0 Å². The Bertz CT molecular complexity index is 2230. The van der Waals surface area contributed by atoms with Crippen molar-refractivity contribution in [2.75, 3.05) is 0 Å². The number of hydrogen-bond donors (Lipinski definition) is 0. The molecule has 0 saturated heterocycles. The van der Waals surface area contributed by atoms with Gasteiger partial charge >= 0.3 is 0 Å². The van der Waals surface area contributed by atoms with Crippen molar-refractivity contribution in [3.05, 3.63) is 126 Å². The molecule has 8 aromatic rings. The van der Waals surface area contributed by atoms with Crippen LogP contribution in [-0.2, 0) is 0 Å². The monoisotopic (exact) mass is 525 g/mol. The van der Waals surface area contributed by atoms with Crippen molar-refractivity contribution >= 4 is 43.4 Å². The van der Waals surface area contributed by atoms with Crippen LogP contribution in [0, 0.1) is 20.8 Å². The SMILES string of the molecule is Cc1ccc(-c2nccc3c2cc2nc(-c4ccc(C)cc4)c4cccc5c(-c6ccc(C)cc6)nc3c2c45)cc1. The second-order valence-electron chi connectivity index (χ2n) is 11.1. The maximum atomic E-state index is 5.43. The molecule has 3 aromatic heterocycles. The first-order valence-electron chi connectivity index (χ1n) is 14.0. The highest BCUT2D eigenvalue weighted by Crippen LogP contribution is 2.44. The Kier molecular flexibility index (Phi) is 5.17. The molecule has 8 rings (SSSR count). The van der Waals surface area contributed by atoms with E-state index in [-0.39, 0.29) is 0 Å².